The highest BCUT2D eigenvalue weighted by atomic mass is 32.2. The Kier molecular flexibility index (Phi) is 4.37. The van der Waals surface area contributed by atoms with Gasteiger partial charge >= 0.3 is 0 Å². The molecule has 0 saturated carbocycles. The predicted octanol–water partition coefficient (Wildman–Crippen LogP) is 1.02. The number of morpholine rings is 1. The molecule has 1 saturated heterocycles. The van der Waals surface area contributed by atoms with E-state index in [0.29, 0.717) is 11.4 Å². The van der Waals surface area contributed by atoms with Crippen LogP contribution in [0.2, 0.25) is 0 Å². The van der Waals surface area contributed by atoms with E-state index in [-0.39, 0.29) is 6.10 Å². The summed E-state index contributed by atoms with van der Waals surface area (Å²) in [5, 5.41) is 0. The molecule has 0 aromatic heterocycles. The summed E-state index contributed by atoms with van der Waals surface area (Å²) in [5.41, 5.74) is 7.39. The minimum atomic E-state index is -1.02. The second kappa shape index (κ2) is 5.82. The Morgan fingerprint density at radius 3 is 3.00 bits per heavy atom. The van der Waals surface area contributed by atoms with Gasteiger partial charge in [-0.3, -0.25) is 4.21 Å². The number of nitrogen functional groups attached to an aromatic ring is 1. The van der Waals surface area contributed by atoms with Crippen LogP contribution < -0.4 is 5.73 Å². The molecule has 2 unspecified atom stereocenters. The van der Waals surface area contributed by atoms with E-state index in [1.807, 2.05) is 19.1 Å². The molecule has 2 rings (SSSR count). The number of hydrogen-bond acceptors (Lipinski definition) is 4. The molecule has 1 aromatic rings. The van der Waals surface area contributed by atoms with Crippen molar-refractivity contribution in [1.82, 2.24) is 4.90 Å². The standard InChI is InChI=1S/C13H20N2O2S/c1-10-7-11(14)3-4-13(10)18(16)9-12-8-15(2)5-6-17-12/h3-4,7,12H,5-6,8-9,14H2,1-2H3. The summed E-state index contributed by atoms with van der Waals surface area (Å²) in [4.78, 5) is 3.07. The minimum Gasteiger partial charge on any atom is -0.399 e. The van der Waals surface area contributed by atoms with Gasteiger partial charge in [-0.2, -0.15) is 0 Å². The molecule has 1 aliphatic heterocycles. The number of benzene rings is 1. The van der Waals surface area contributed by atoms with Crippen LogP contribution in [-0.4, -0.2) is 47.7 Å². The normalized spacial score (nSPS) is 22.9. The van der Waals surface area contributed by atoms with Crippen molar-refractivity contribution in [2.24, 2.45) is 0 Å². The van der Waals surface area contributed by atoms with Crippen LogP contribution in [-0.2, 0) is 15.5 Å². The van der Waals surface area contributed by atoms with E-state index in [9.17, 15) is 4.21 Å². The van der Waals surface area contributed by atoms with E-state index >= 15 is 0 Å². The van der Waals surface area contributed by atoms with Crippen molar-refractivity contribution >= 4 is 16.5 Å². The first kappa shape index (κ1) is 13.5. The molecule has 0 amide bonds. The number of anilines is 1. The minimum absolute atomic E-state index is 0.0570. The molecule has 1 aromatic carbocycles. The molecule has 0 bridgehead atoms. The molecule has 0 spiro atoms. The van der Waals surface area contributed by atoms with Crippen LogP contribution in [0.3, 0.4) is 0 Å². The third-order valence-corrected chi connectivity index (χ3v) is 4.75. The number of rotatable bonds is 3. The van der Waals surface area contributed by atoms with Crippen LogP contribution in [0, 0.1) is 6.92 Å². The molecule has 4 nitrogen and oxygen atoms in total. The number of ether oxygens (including phenoxy) is 1. The van der Waals surface area contributed by atoms with Crippen molar-refractivity contribution in [1.29, 1.82) is 0 Å². The Hall–Kier alpha value is -0.910. The summed E-state index contributed by atoms with van der Waals surface area (Å²) < 4.78 is 18.0. The topological polar surface area (TPSA) is 55.6 Å². The van der Waals surface area contributed by atoms with Crippen LogP contribution >= 0.6 is 0 Å². The molecule has 5 heteroatoms. The highest BCUT2D eigenvalue weighted by Gasteiger charge is 2.21. The quantitative estimate of drug-likeness (QED) is 0.832. The van der Waals surface area contributed by atoms with Crippen molar-refractivity contribution in [3.63, 3.8) is 0 Å². The Balaban J connectivity index is 2.03. The van der Waals surface area contributed by atoms with Gasteiger partial charge in [0.2, 0.25) is 0 Å². The van der Waals surface area contributed by atoms with Gasteiger partial charge in [0.1, 0.15) is 0 Å². The van der Waals surface area contributed by atoms with Crippen LogP contribution in [0.1, 0.15) is 5.56 Å². The van der Waals surface area contributed by atoms with E-state index < -0.39 is 10.8 Å². The molecule has 0 radical (unpaired) electrons. The van der Waals surface area contributed by atoms with Gasteiger partial charge in [0.05, 0.1) is 29.3 Å². The highest BCUT2D eigenvalue weighted by molar-refractivity contribution is 7.85. The fraction of sp³-hybridized carbons (Fsp3) is 0.538. The summed E-state index contributed by atoms with van der Waals surface area (Å²) in [7, 11) is 1.04. The molecule has 1 aliphatic rings. The monoisotopic (exact) mass is 268 g/mol. The lowest BCUT2D eigenvalue weighted by molar-refractivity contribution is -0.00640. The predicted molar refractivity (Wildman–Crippen MR) is 74.1 cm³/mol. The van der Waals surface area contributed by atoms with Crippen LogP contribution in [0.15, 0.2) is 23.1 Å². The number of hydrogen-bond donors (Lipinski definition) is 1. The zero-order chi connectivity index (χ0) is 13.1. The summed E-state index contributed by atoms with van der Waals surface area (Å²) in [6.45, 7) is 4.46. The van der Waals surface area contributed by atoms with E-state index in [1.165, 1.54) is 0 Å². The van der Waals surface area contributed by atoms with E-state index in [4.69, 9.17) is 10.5 Å². The van der Waals surface area contributed by atoms with E-state index in [0.717, 1.165) is 30.2 Å². The first-order valence-corrected chi connectivity index (χ1v) is 7.43. The zero-order valence-corrected chi connectivity index (χ0v) is 11.7. The first-order chi connectivity index (χ1) is 8.56. The van der Waals surface area contributed by atoms with Gasteiger partial charge in [0.25, 0.3) is 0 Å². The average Bonchev–Trinajstić information content (AvgIpc) is 2.28. The van der Waals surface area contributed by atoms with Crippen molar-refractivity contribution < 1.29 is 8.95 Å². The summed E-state index contributed by atoms with van der Waals surface area (Å²) >= 11 is 0. The Bertz CT molecular complexity index is 451. The van der Waals surface area contributed by atoms with Gasteiger partial charge in [0.15, 0.2) is 0 Å². The Morgan fingerprint density at radius 2 is 2.33 bits per heavy atom. The molecular weight excluding hydrogens is 248 g/mol. The smallest absolute Gasteiger partial charge is 0.0821 e. The first-order valence-electron chi connectivity index (χ1n) is 6.11. The summed E-state index contributed by atoms with van der Waals surface area (Å²) in [6, 6.07) is 5.52. The molecule has 1 heterocycles. The molecule has 2 N–H and O–H groups in total. The number of nitrogens with zero attached hydrogens (tertiary/aromatic N) is 1. The van der Waals surface area contributed by atoms with Gasteiger partial charge in [-0.25, -0.2) is 0 Å². The van der Waals surface area contributed by atoms with Gasteiger partial charge in [-0.15, -0.1) is 0 Å². The molecular formula is C13H20N2O2S. The van der Waals surface area contributed by atoms with Crippen LogP contribution in [0.5, 0.6) is 0 Å². The van der Waals surface area contributed by atoms with Crippen LogP contribution in [0.4, 0.5) is 5.69 Å². The second-order valence-electron chi connectivity index (χ2n) is 4.79. The number of nitrogens with two attached hydrogens (primary N) is 1. The average molecular weight is 268 g/mol. The maximum atomic E-state index is 12.3. The fourth-order valence-electron chi connectivity index (χ4n) is 2.15. The van der Waals surface area contributed by atoms with Crippen molar-refractivity contribution in [2.75, 3.05) is 38.2 Å². The highest BCUT2D eigenvalue weighted by Crippen LogP contribution is 2.18. The Labute approximate surface area is 111 Å². The summed E-state index contributed by atoms with van der Waals surface area (Å²) in [6.07, 6.45) is 0.0570. The number of aryl methyl sites for hydroxylation is 1. The summed E-state index contributed by atoms with van der Waals surface area (Å²) in [5.74, 6) is 0.551. The third kappa shape index (κ3) is 3.31. The fourth-order valence-corrected chi connectivity index (χ4v) is 3.51. The maximum Gasteiger partial charge on any atom is 0.0821 e. The van der Waals surface area contributed by atoms with Crippen molar-refractivity contribution in [3.8, 4) is 0 Å². The third-order valence-electron chi connectivity index (χ3n) is 3.12. The molecule has 18 heavy (non-hydrogen) atoms. The zero-order valence-electron chi connectivity index (χ0n) is 10.9. The molecule has 100 valence electrons. The van der Waals surface area contributed by atoms with E-state index in [1.54, 1.807) is 6.07 Å². The molecule has 1 fully saturated rings. The molecule has 0 aliphatic carbocycles. The SMILES string of the molecule is Cc1cc(N)ccc1S(=O)CC1CN(C)CCO1. The number of likely N-dealkylation sites (N-methyl/N-ethyl adjacent to an activating group) is 1. The lowest BCUT2D eigenvalue weighted by atomic mass is 10.2. The lowest BCUT2D eigenvalue weighted by Gasteiger charge is -2.29. The lowest BCUT2D eigenvalue weighted by Crippen LogP contribution is -2.42. The van der Waals surface area contributed by atoms with E-state index in [2.05, 4.69) is 11.9 Å². The van der Waals surface area contributed by atoms with Gasteiger partial charge in [-0.05, 0) is 37.7 Å². The second-order valence-corrected chi connectivity index (χ2v) is 6.26. The van der Waals surface area contributed by atoms with Crippen molar-refractivity contribution in [2.45, 2.75) is 17.9 Å². The Morgan fingerprint density at radius 1 is 1.56 bits per heavy atom. The molecule has 2 atom stereocenters. The van der Waals surface area contributed by atoms with Gasteiger partial charge in [0, 0.05) is 23.7 Å². The van der Waals surface area contributed by atoms with Gasteiger partial charge in [-0.1, -0.05) is 0 Å². The maximum absolute atomic E-state index is 12.3. The largest absolute Gasteiger partial charge is 0.399 e. The van der Waals surface area contributed by atoms with Crippen molar-refractivity contribution in [3.05, 3.63) is 23.8 Å². The van der Waals surface area contributed by atoms with Gasteiger partial charge < -0.3 is 15.4 Å². The van der Waals surface area contributed by atoms with Crippen LogP contribution in [0.25, 0.3) is 0 Å².